The first-order chi connectivity index (χ1) is 7.84. The van der Waals surface area contributed by atoms with E-state index in [0.717, 1.165) is 29.5 Å². The quantitative estimate of drug-likeness (QED) is 0.572. The lowest BCUT2D eigenvalue weighted by atomic mass is 9.99. The van der Waals surface area contributed by atoms with Gasteiger partial charge in [0.05, 0.1) is 5.52 Å². The lowest BCUT2D eigenvalue weighted by molar-refractivity contribution is 0.506. The van der Waals surface area contributed by atoms with E-state index in [4.69, 9.17) is 4.42 Å². The molecule has 3 aromatic rings. The van der Waals surface area contributed by atoms with Crippen molar-refractivity contribution >= 4 is 21.9 Å². The van der Waals surface area contributed by atoms with Crippen molar-refractivity contribution in [3.63, 3.8) is 0 Å². The molecule has 78 valence electrons. The van der Waals surface area contributed by atoms with E-state index >= 15 is 0 Å². The first kappa shape index (κ1) is 8.16. The molecule has 16 heavy (non-hydrogen) atoms. The van der Waals surface area contributed by atoms with Gasteiger partial charge in [0.2, 0.25) is 0 Å². The van der Waals surface area contributed by atoms with Gasteiger partial charge in [0.1, 0.15) is 0 Å². The zero-order chi connectivity index (χ0) is 10.7. The molecule has 0 radical (unpaired) electrons. The molecule has 0 amide bonds. The average Bonchev–Trinajstić information content (AvgIpc) is 2.69. The number of benzene rings is 2. The van der Waals surface area contributed by atoms with Gasteiger partial charge in [-0.15, -0.1) is 0 Å². The van der Waals surface area contributed by atoms with Crippen LogP contribution in [0.2, 0.25) is 0 Å². The van der Waals surface area contributed by atoms with E-state index in [-0.39, 0.29) is 5.76 Å². The maximum atomic E-state index is 11.6. The largest absolute Gasteiger partial charge is 0.419 e. The predicted molar refractivity (Wildman–Crippen MR) is 61.7 cm³/mol. The monoisotopic (exact) mass is 211 g/mol. The predicted octanol–water partition coefficient (Wildman–Crippen LogP) is 2.30. The van der Waals surface area contributed by atoms with Gasteiger partial charge in [0.15, 0.2) is 5.58 Å². The molecule has 0 aliphatic carbocycles. The van der Waals surface area contributed by atoms with Crippen molar-refractivity contribution in [2.45, 2.75) is 13.0 Å². The molecule has 1 aliphatic rings. The fourth-order valence-corrected chi connectivity index (χ4v) is 2.61. The van der Waals surface area contributed by atoms with Gasteiger partial charge >= 0.3 is 5.76 Å². The van der Waals surface area contributed by atoms with Crippen molar-refractivity contribution in [3.8, 4) is 0 Å². The van der Waals surface area contributed by atoms with E-state index in [1.807, 2.05) is 18.2 Å². The minimum absolute atomic E-state index is 0.239. The van der Waals surface area contributed by atoms with Crippen LogP contribution in [-0.4, -0.2) is 4.57 Å². The van der Waals surface area contributed by atoms with Crippen molar-refractivity contribution in [2.75, 3.05) is 0 Å². The van der Waals surface area contributed by atoms with Crippen LogP contribution in [-0.2, 0) is 13.0 Å². The molecular weight excluding hydrogens is 202 g/mol. The standard InChI is InChI=1S/C13H9NO2/c15-13-14-6-5-8-7-11(14)12(16-13)10-4-2-1-3-9(8)10/h1-4,7H,5-6H2. The van der Waals surface area contributed by atoms with Crippen LogP contribution in [0.5, 0.6) is 0 Å². The second-order valence-electron chi connectivity index (χ2n) is 4.20. The van der Waals surface area contributed by atoms with Crippen LogP contribution in [0, 0.1) is 0 Å². The van der Waals surface area contributed by atoms with Crippen molar-refractivity contribution in [3.05, 3.63) is 46.4 Å². The summed E-state index contributed by atoms with van der Waals surface area (Å²) in [5.74, 6) is -0.239. The molecular formula is C13H9NO2. The maximum absolute atomic E-state index is 11.6. The first-order valence-electron chi connectivity index (χ1n) is 5.38. The van der Waals surface area contributed by atoms with Crippen LogP contribution >= 0.6 is 0 Å². The summed E-state index contributed by atoms with van der Waals surface area (Å²) in [6.45, 7) is 0.734. The highest BCUT2D eigenvalue weighted by Crippen LogP contribution is 2.31. The highest BCUT2D eigenvalue weighted by atomic mass is 16.4. The lowest BCUT2D eigenvalue weighted by Crippen LogP contribution is -2.17. The second kappa shape index (κ2) is 2.55. The van der Waals surface area contributed by atoms with Gasteiger partial charge in [0, 0.05) is 11.9 Å². The fraction of sp³-hybridized carbons (Fsp3) is 0.154. The summed E-state index contributed by atoms with van der Waals surface area (Å²) >= 11 is 0. The molecule has 0 saturated carbocycles. The minimum atomic E-state index is -0.239. The number of hydrogen-bond acceptors (Lipinski definition) is 2. The molecule has 3 heteroatoms. The Hall–Kier alpha value is -2.03. The van der Waals surface area contributed by atoms with Gasteiger partial charge in [-0.05, 0) is 23.4 Å². The van der Waals surface area contributed by atoms with E-state index in [0.29, 0.717) is 0 Å². The van der Waals surface area contributed by atoms with Gasteiger partial charge in [-0.1, -0.05) is 24.3 Å². The molecule has 0 spiro atoms. The van der Waals surface area contributed by atoms with Gasteiger partial charge < -0.3 is 4.42 Å². The molecule has 2 bridgehead atoms. The highest BCUT2D eigenvalue weighted by molar-refractivity contribution is 6.05. The molecule has 0 unspecified atom stereocenters. The fourth-order valence-electron chi connectivity index (χ4n) is 2.61. The Morgan fingerprint density at radius 1 is 1.19 bits per heavy atom. The van der Waals surface area contributed by atoms with Crippen molar-refractivity contribution in [2.24, 2.45) is 0 Å². The normalized spacial score (nSPS) is 14.0. The molecule has 2 aromatic carbocycles. The zero-order valence-electron chi connectivity index (χ0n) is 8.56. The van der Waals surface area contributed by atoms with Crippen LogP contribution in [0.15, 0.2) is 39.5 Å². The smallest absolute Gasteiger partial charge is 0.407 e. The van der Waals surface area contributed by atoms with Crippen LogP contribution in [0.25, 0.3) is 21.9 Å². The van der Waals surface area contributed by atoms with Crippen LogP contribution in [0.3, 0.4) is 0 Å². The molecule has 0 atom stereocenters. The molecule has 3 nitrogen and oxygen atoms in total. The first-order valence-corrected chi connectivity index (χ1v) is 5.38. The van der Waals surface area contributed by atoms with Crippen molar-refractivity contribution < 1.29 is 4.42 Å². The topological polar surface area (TPSA) is 35.1 Å². The Morgan fingerprint density at radius 2 is 2.00 bits per heavy atom. The van der Waals surface area contributed by atoms with Crippen LogP contribution in [0.4, 0.5) is 0 Å². The number of aryl methyl sites for hydroxylation is 2. The molecule has 1 aromatic heterocycles. The second-order valence-corrected chi connectivity index (χ2v) is 4.20. The number of oxazole rings is 1. The molecule has 2 heterocycles. The number of fused-ring (bicyclic) bond motifs is 4. The highest BCUT2D eigenvalue weighted by Gasteiger charge is 2.18. The summed E-state index contributed by atoms with van der Waals surface area (Å²) in [5.41, 5.74) is 2.97. The van der Waals surface area contributed by atoms with Crippen molar-refractivity contribution in [1.82, 2.24) is 4.57 Å². The van der Waals surface area contributed by atoms with E-state index in [2.05, 4.69) is 12.1 Å². The Kier molecular flexibility index (Phi) is 1.30. The van der Waals surface area contributed by atoms with Gasteiger partial charge in [-0.2, -0.15) is 0 Å². The van der Waals surface area contributed by atoms with Crippen molar-refractivity contribution in [1.29, 1.82) is 0 Å². The van der Waals surface area contributed by atoms with E-state index in [1.54, 1.807) is 4.57 Å². The molecule has 0 saturated heterocycles. The third-order valence-electron chi connectivity index (χ3n) is 3.37. The van der Waals surface area contributed by atoms with Gasteiger partial charge in [-0.3, -0.25) is 4.57 Å². The molecule has 1 aliphatic heterocycles. The summed E-state index contributed by atoms with van der Waals surface area (Å²) in [7, 11) is 0. The van der Waals surface area contributed by atoms with Gasteiger partial charge in [-0.25, -0.2) is 4.79 Å². The molecule has 0 N–H and O–H groups in total. The average molecular weight is 211 g/mol. The Morgan fingerprint density at radius 3 is 2.88 bits per heavy atom. The lowest BCUT2D eigenvalue weighted by Gasteiger charge is -2.13. The number of hydrogen-bond donors (Lipinski definition) is 0. The van der Waals surface area contributed by atoms with E-state index in [1.165, 1.54) is 10.9 Å². The summed E-state index contributed by atoms with van der Waals surface area (Å²) in [6, 6.07) is 10.2. The van der Waals surface area contributed by atoms with E-state index < -0.39 is 0 Å². The Labute approximate surface area is 90.9 Å². The number of aromatic nitrogens is 1. The third kappa shape index (κ3) is 0.818. The molecule has 0 fully saturated rings. The summed E-state index contributed by atoms with van der Waals surface area (Å²) in [5, 5.41) is 2.25. The summed E-state index contributed by atoms with van der Waals surface area (Å²) in [6.07, 6.45) is 0.906. The van der Waals surface area contributed by atoms with E-state index in [9.17, 15) is 4.79 Å². The van der Waals surface area contributed by atoms with Crippen LogP contribution in [0.1, 0.15) is 5.56 Å². The number of nitrogens with zero attached hydrogens (tertiary/aromatic N) is 1. The van der Waals surface area contributed by atoms with Crippen LogP contribution < -0.4 is 5.76 Å². The third-order valence-corrected chi connectivity index (χ3v) is 3.37. The number of rotatable bonds is 0. The SMILES string of the molecule is O=c1oc2c3ccccc3c3cc2n1CC3. The zero-order valence-corrected chi connectivity index (χ0v) is 8.56. The Bertz CT molecular complexity index is 780. The Balaban J connectivity index is 2.43. The van der Waals surface area contributed by atoms with Gasteiger partial charge in [0.25, 0.3) is 0 Å². The minimum Gasteiger partial charge on any atom is -0.407 e. The maximum Gasteiger partial charge on any atom is 0.419 e. The summed E-state index contributed by atoms with van der Waals surface area (Å²) < 4.78 is 7.06. The molecule has 4 rings (SSSR count). The summed E-state index contributed by atoms with van der Waals surface area (Å²) in [4.78, 5) is 11.6.